The van der Waals surface area contributed by atoms with Gasteiger partial charge in [-0.05, 0) is 73.9 Å². The third-order valence-electron chi connectivity index (χ3n) is 7.85. The minimum atomic E-state index is -3.99. The number of hydrogen-bond acceptors (Lipinski definition) is 6. The molecule has 2 fully saturated rings. The van der Waals surface area contributed by atoms with Crippen LogP contribution in [0.4, 0.5) is 5.69 Å². The van der Waals surface area contributed by atoms with E-state index in [9.17, 15) is 18.0 Å². The number of aryl methyl sites for hydroxylation is 1. The van der Waals surface area contributed by atoms with E-state index in [-0.39, 0.29) is 23.3 Å². The molecule has 1 aromatic heterocycles. The third kappa shape index (κ3) is 4.98. The van der Waals surface area contributed by atoms with E-state index in [1.54, 1.807) is 53.8 Å². The van der Waals surface area contributed by atoms with Crippen molar-refractivity contribution >= 4 is 49.1 Å². The molecule has 0 bridgehead atoms. The molecular formula is C31H31N3O4S2. The Bertz CT molecular complexity index is 1660. The summed E-state index contributed by atoms with van der Waals surface area (Å²) in [6, 6.07) is 20.2. The van der Waals surface area contributed by atoms with Gasteiger partial charge < -0.3 is 0 Å². The summed E-state index contributed by atoms with van der Waals surface area (Å²) < 4.78 is 30.4. The van der Waals surface area contributed by atoms with Gasteiger partial charge in [-0.15, -0.1) is 11.3 Å². The van der Waals surface area contributed by atoms with E-state index in [4.69, 9.17) is 4.98 Å². The van der Waals surface area contributed by atoms with Crippen LogP contribution in [0.2, 0.25) is 0 Å². The molecule has 7 nitrogen and oxygen atoms in total. The number of hydrogen-bond donors (Lipinski definition) is 0. The number of carbonyl (C=O) groups excluding carboxylic acids is 2. The first-order chi connectivity index (χ1) is 19.3. The van der Waals surface area contributed by atoms with Crippen molar-refractivity contribution < 1.29 is 18.0 Å². The van der Waals surface area contributed by atoms with Gasteiger partial charge in [-0.25, -0.2) is 18.3 Å². The number of rotatable bonds is 6. The monoisotopic (exact) mass is 573 g/mol. The number of amides is 2. The number of aromatic nitrogens is 1. The quantitative estimate of drug-likeness (QED) is 0.199. The largest absolute Gasteiger partial charge is 0.274 e. The van der Waals surface area contributed by atoms with Gasteiger partial charge in [-0.1, -0.05) is 49.9 Å². The van der Waals surface area contributed by atoms with E-state index in [1.165, 1.54) is 9.87 Å². The molecule has 0 radical (unpaired) electrons. The minimum absolute atomic E-state index is 0.147. The number of carbonyl (C=O) groups is 2. The van der Waals surface area contributed by atoms with Gasteiger partial charge >= 0.3 is 0 Å². The van der Waals surface area contributed by atoms with Crippen LogP contribution in [0.5, 0.6) is 0 Å². The second kappa shape index (κ2) is 10.9. The predicted octanol–water partition coefficient (Wildman–Crippen LogP) is 6.32. The topological polar surface area (TPSA) is 87.7 Å². The van der Waals surface area contributed by atoms with Crippen LogP contribution in [0, 0.1) is 6.92 Å². The number of thiazole rings is 1. The van der Waals surface area contributed by atoms with Crippen LogP contribution in [0.25, 0.3) is 20.8 Å². The van der Waals surface area contributed by atoms with Gasteiger partial charge in [0.25, 0.3) is 5.91 Å². The molecule has 206 valence electrons. The fourth-order valence-corrected chi connectivity index (χ4v) is 8.76. The van der Waals surface area contributed by atoms with E-state index in [0.717, 1.165) is 51.4 Å². The molecule has 2 amide bonds. The second-order valence-corrected chi connectivity index (χ2v) is 13.5. The SMILES string of the molecule is Cc1ccc2nc(-c3ccc(N4C(=O)CC(N(C5CCCCCC5)S(=O)(=O)c5ccccc5)C4=O)cc3)sc2c1. The fraction of sp³-hybridized carbons (Fsp3) is 0.323. The summed E-state index contributed by atoms with van der Waals surface area (Å²) in [4.78, 5) is 33.2. The van der Waals surface area contributed by atoms with E-state index < -0.39 is 22.0 Å². The van der Waals surface area contributed by atoms with Crippen LogP contribution in [-0.4, -0.2) is 41.6 Å². The molecule has 1 atom stereocenters. The molecule has 2 aliphatic rings. The van der Waals surface area contributed by atoms with Crippen LogP contribution in [0.15, 0.2) is 77.7 Å². The maximum absolute atomic E-state index is 14.0. The van der Waals surface area contributed by atoms with Crippen LogP contribution in [0.3, 0.4) is 0 Å². The van der Waals surface area contributed by atoms with Crippen molar-refractivity contribution in [3.63, 3.8) is 0 Å². The normalized spacial score (nSPS) is 19.1. The van der Waals surface area contributed by atoms with Gasteiger partial charge in [0.1, 0.15) is 11.0 Å². The number of fused-ring (bicyclic) bond motifs is 1. The van der Waals surface area contributed by atoms with Crippen LogP contribution in [-0.2, 0) is 19.6 Å². The highest BCUT2D eigenvalue weighted by atomic mass is 32.2. The molecule has 40 heavy (non-hydrogen) atoms. The molecule has 0 N–H and O–H groups in total. The van der Waals surface area contributed by atoms with Gasteiger partial charge in [0.2, 0.25) is 15.9 Å². The van der Waals surface area contributed by atoms with E-state index in [2.05, 4.69) is 6.07 Å². The Labute approximate surface area is 238 Å². The molecule has 6 rings (SSSR count). The van der Waals surface area contributed by atoms with Crippen molar-refractivity contribution in [1.82, 2.24) is 9.29 Å². The van der Waals surface area contributed by atoms with Crippen molar-refractivity contribution in [3.8, 4) is 10.6 Å². The highest BCUT2D eigenvalue weighted by Gasteiger charge is 2.49. The molecule has 1 unspecified atom stereocenters. The van der Waals surface area contributed by atoms with Crippen molar-refractivity contribution in [3.05, 3.63) is 78.4 Å². The number of anilines is 1. The first-order valence-corrected chi connectivity index (χ1v) is 16.0. The first kappa shape index (κ1) is 26.8. The molecule has 2 heterocycles. The smallest absolute Gasteiger partial charge is 0.252 e. The van der Waals surface area contributed by atoms with Gasteiger partial charge in [-0.2, -0.15) is 4.31 Å². The maximum Gasteiger partial charge on any atom is 0.252 e. The zero-order valence-corrected chi connectivity index (χ0v) is 24.0. The summed E-state index contributed by atoms with van der Waals surface area (Å²) in [7, 11) is -3.99. The lowest BCUT2D eigenvalue weighted by Crippen LogP contribution is -2.50. The number of nitrogens with zero attached hydrogens (tertiary/aromatic N) is 3. The van der Waals surface area contributed by atoms with E-state index in [1.807, 2.05) is 31.2 Å². The van der Waals surface area contributed by atoms with Crippen molar-refractivity contribution in [1.29, 1.82) is 0 Å². The second-order valence-electron chi connectivity index (χ2n) is 10.6. The highest BCUT2D eigenvalue weighted by molar-refractivity contribution is 7.89. The Kier molecular flexibility index (Phi) is 7.29. The zero-order valence-electron chi connectivity index (χ0n) is 22.3. The van der Waals surface area contributed by atoms with Crippen molar-refractivity contribution in [2.75, 3.05) is 4.90 Å². The maximum atomic E-state index is 14.0. The molecule has 1 aliphatic heterocycles. The van der Waals surface area contributed by atoms with E-state index >= 15 is 0 Å². The standard InChI is InChI=1S/C31H31N3O4S2/c1-21-13-18-26-28(19-21)39-30(32-26)22-14-16-23(17-15-22)33-29(35)20-27(31(33)36)34(24-9-5-2-3-6-10-24)40(37,38)25-11-7-4-8-12-25/h4,7-8,11-19,24,27H,2-3,5-6,9-10,20H2,1H3. The predicted molar refractivity (Wildman–Crippen MR) is 158 cm³/mol. The molecule has 0 spiro atoms. The summed E-state index contributed by atoms with van der Waals surface area (Å²) in [6.45, 7) is 2.05. The molecule has 4 aromatic rings. The van der Waals surface area contributed by atoms with Crippen molar-refractivity contribution in [2.45, 2.75) is 68.8 Å². The third-order valence-corrected chi connectivity index (χ3v) is 10.9. The Morgan fingerprint density at radius 1 is 0.900 bits per heavy atom. The Balaban J connectivity index is 1.31. The molecule has 3 aromatic carbocycles. The lowest BCUT2D eigenvalue weighted by Gasteiger charge is -2.33. The van der Waals surface area contributed by atoms with Gasteiger partial charge in [0.15, 0.2) is 0 Å². The number of imide groups is 1. The first-order valence-electron chi connectivity index (χ1n) is 13.8. The van der Waals surface area contributed by atoms with Crippen LogP contribution >= 0.6 is 11.3 Å². The summed E-state index contributed by atoms with van der Waals surface area (Å²) in [5, 5.41) is 0.859. The summed E-state index contributed by atoms with van der Waals surface area (Å²) in [6.07, 6.45) is 5.08. The number of benzene rings is 3. The molecular weight excluding hydrogens is 542 g/mol. The van der Waals surface area contributed by atoms with Crippen molar-refractivity contribution in [2.24, 2.45) is 0 Å². The molecule has 1 saturated heterocycles. The fourth-order valence-electron chi connectivity index (χ4n) is 5.84. The summed E-state index contributed by atoms with van der Waals surface area (Å²) in [5.74, 6) is -0.878. The summed E-state index contributed by atoms with van der Waals surface area (Å²) in [5.41, 5.74) is 3.44. The lowest BCUT2D eigenvalue weighted by atomic mass is 10.1. The zero-order chi connectivity index (χ0) is 27.9. The van der Waals surface area contributed by atoms with E-state index in [0.29, 0.717) is 18.5 Å². The molecule has 1 aliphatic carbocycles. The minimum Gasteiger partial charge on any atom is -0.274 e. The van der Waals surface area contributed by atoms with Gasteiger partial charge in [-0.3, -0.25) is 9.59 Å². The Morgan fingerprint density at radius 2 is 1.60 bits per heavy atom. The van der Waals surface area contributed by atoms with Crippen LogP contribution < -0.4 is 4.90 Å². The summed E-state index contributed by atoms with van der Waals surface area (Å²) >= 11 is 1.59. The lowest BCUT2D eigenvalue weighted by molar-refractivity contribution is -0.122. The van der Waals surface area contributed by atoms with Crippen LogP contribution in [0.1, 0.15) is 50.5 Å². The molecule has 9 heteroatoms. The highest BCUT2D eigenvalue weighted by Crippen LogP contribution is 2.36. The van der Waals surface area contributed by atoms with Gasteiger partial charge in [0, 0.05) is 11.6 Å². The van der Waals surface area contributed by atoms with Gasteiger partial charge in [0.05, 0.1) is 27.2 Å². The number of sulfonamides is 1. The average Bonchev–Trinajstić information content (AvgIpc) is 3.37. The average molecular weight is 574 g/mol. The Hall–Kier alpha value is -3.40. The Morgan fingerprint density at radius 3 is 2.30 bits per heavy atom. The molecule has 1 saturated carbocycles.